The summed E-state index contributed by atoms with van der Waals surface area (Å²) in [5, 5.41) is 2.10. The fourth-order valence-electron chi connectivity index (χ4n) is 2.22. The van der Waals surface area contributed by atoms with Crippen molar-refractivity contribution in [1.29, 1.82) is 0 Å². The second kappa shape index (κ2) is 5.13. The summed E-state index contributed by atoms with van der Waals surface area (Å²) >= 11 is 5.22. The molecule has 0 fully saturated rings. The van der Waals surface area contributed by atoms with Gasteiger partial charge in [-0.05, 0) is 38.7 Å². The van der Waals surface area contributed by atoms with E-state index in [-0.39, 0.29) is 6.04 Å². The molecule has 1 aromatic carbocycles. The zero-order valence-electron chi connectivity index (χ0n) is 9.86. The van der Waals surface area contributed by atoms with Crippen LogP contribution in [0.15, 0.2) is 34.1 Å². The van der Waals surface area contributed by atoms with Crippen LogP contribution in [0.5, 0.6) is 0 Å². The van der Waals surface area contributed by atoms with Gasteiger partial charge in [0.2, 0.25) is 0 Å². The highest BCUT2D eigenvalue weighted by molar-refractivity contribution is 9.10. The highest BCUT2D eigenvalue weighted by atomic mass is 79.9. The van der Waals surface area contributed by atoms with E-state index in [1.54, 1.807) is 11.3 Å². The molecule has 18 heavy (non-hydrogen) atoms. The lowest BCUT2D eigenvalue weighted by atomic mass is 9.99. The smallest absolute Gasteiger partial charge is 0.0725 e. The molecule has 1 unspecified atom stereocenters. The van der Waals surface area contributed by atoms with Crippen LogP contribution >= 0.6 is 27.3 Å². The number of fused-ring (bicyclic) bond motifs is 1. The Hall–Kier alpha value is -0.680. The summed E-state index contributed by atoms with van der Waals surface area (Å²) in [5.41, 5.74) is 10.1. The van der Waals surface area contributed by atoms with E-state index >= 15 is 0 Å². The Balaban J connectivity index is 1.78. The topological polar surface area (TPSA) is 35.2 Å². The molecule has 94 valence electrons. The first-order valence-electron chi connectivity index (χ1n) is 5.90. The van der Waals surface area contributed by atoms with Crippen LogP contribution in [0.3, 0.4) is 0 Å². The van der Waals surface area contributed by atoms with Crippen molar-refractivity contribution in [3.8, 4) is 0 Å². The van der Waals surface area contributed by atoms with Gasteiger partial charge < -0.3 is 10.5 Å². The van der Waals surface area contributed by atoms with E-state index in [4.69, 9.17) is 10.5 Å². The molecule has 1 aliphatic rings. The maximum atomic E-state index is 6.28. The molecule has 1 aliphatic heterocycles. The van der Waals surface area contributed by atoms with Gasteiger partial charge in [-0.15, -0.1) is 11.3 Å². The molecule has 0 saturated carbocycles. The summed E-state index contributed by atoms with van der Waals surface area (Å²) in [4.78, 5) is 1.31. The summed E-state index contributed by atoms with van der Waals surface area (Å²) in [6.07, 6.45) is 0.885. The number of hydrogen-bond acceptors (Lipinski definition) is 3. The number of thiophene rings is 1. The number of nitrogens with two attached hydrogens (primary N) is 1. The van der Waals surface area contributed by atoms with Crippen LogP contribution in [0.1, 0.15) is 27.6 Å². The first-order valence-corrected chi connectivity index (χ1v) is 7.57. The molecule has 0 radical (unpaired) electrons. The molecule has 1 atom stereocenters. The van der Waals surface area contributed by atoms with Gasteiger partial charge in [0.1, 0.15) is 0 Å². The van der Waals surface area contributed by atoms with Gasteiger partial charge in [0.15, 0.2) is 0 Å². The third-order valence-electron chi connectivity index (χ3n) is 3.22. The lowest BCUT2D eigenvalue weighted by Gasteiger charge is -2.12. The molecule has 2 heterocycles. The van der Waals surface area contributed by atoms with Crippen molar-refractivity contribution in [1.82, 2.24) is 0 Å². The molecule has 0 saturated heterocycles. The fraction of sp³-hybridized carbons (Fsp3) is 0.286. The van der Waals surface area contributed by atoms with E-state index in [1.165, 1.54) is 21.6 Å². The van der Waals surface area contributed by atoms with Gasteiger partial charge in [-0.2, -0.15) is 0 Å². The lowest BCUT2D eigenvalue weighted by Crippen LogP contribution is -2.13. The zero-order valence-corrected chi connectivity index (χ0v) is 12.3. The lowest BCUT2D eigenvalue weighted by molar-refractivity contribution is 0.134. The van der Waals surface area contributed by atoms with Gasteiger partial charge >= 0.3 is 0 Å². The summed E-state index contributed by atoms with van der Waals surface area (Å²) in [5.74, 6) is 0. The molecular weight excluding hydrogens is 310 g/mol. The van der Waals surface area contributed by atoms with E-state index < -0.39 is 0 Å². The Morgan fingerprint density at radius 1 is 1.28 bits per heavy atom. The van der Waals surface area contributed by atoms with Gasteiger partial charge in [-0.3, -0.25) is 0 Å². The summed E-state index contributed by atoms with van der Waals surface area (Å²) in [6, 6.07) is 8.65. The fourth-order valence-corrected chi connectivity index (χ4v) is 3.73. The minimum Gasteiger partial charge on any atom is -0.372 e. The third-order valence-corrected chi connectivity index (χ3v) is 4.94. The maximum absolute atomic E-state index is 6.28. The summed E-state index contributed by atoms with van der Waals surface area (Å²) in [6.45, 7) is 1.46. The molecule has 1 aromatic heterocycles. The van der Waals surface area contributed by atoms with Crippen LogP contribution in [0.2, 0.25) is 0 Å². The van der Waals surface area contributed by atoms with Gasteiger partial charge in [0, 0.05) is 27.2 Å². The monoisotopic (exact) mass is 323 g/mol. The van der Waals surface area contributed by atoms with Crippen LogP contribution in [0.25, 0.3) is 0 Å². The van der Waals surface area contributed by atoms with Gasteiger partial charge in [0.05, 0.1) is 13.2 Å². The molecular formula is C14H14BrNOS. The number of ether oxygens (including phenoxy) is 1. The van der Waals surface area contributed by atoms with E-state index in [2.05, 4.69) is 45.6 Å². The summed E-state index contributed by atoms with van der Waals surface area (Å²) < 4.78 is 6.56. The standard InChI is InChI=1S/C14H14BrNOS/c15-12-4-13(18-8-12)5-14(16)9-1-2-10-6-17-7-11(10)3-9/h1-4,8,14H,5-7,16H2. The number of hydrogen-bond donors (Lipinski definition) is 1. The first kappa shape index (κ1) is 12.4. The Morgan fingerprint density at radius 3 is 2.89 bits per heavy atom. The first-order chi connectivity index (χ1) is 8.72. The SMILES string of the molecule is NC(Cc1cc(Br)cs1)c1ccc2c(c1)COC2. The van der Waals surface area contributed by atoms with Crippen molar-refractivity contribution in [2.75, 3.05) is 0 Å². The minimum atomic E-state index is 0.0569. The van der Waals surface area contributed by atoms with Crippen LogP contribution in [0, 0.1) is 0 Å². The highest BCUT2D eigenvalue weighted by Crippen LogP contribution is 2.27. The number of rotatable bonds is 3. The molecule has 4 heteroatoms. The zero-order chi connectivity index (χ0) is 12.5. The number of halogens is 1. The van der Waals surface area contributed by atoms with Crippen LogP contribution in [-0.4, -0.2) is 0 Å². The van der Waals surface area contributed by atoms with E-state index in [0.29, 0.717) is 0 Å². The van der Waals surface area contributed by atoms with E-state index in [1.807, 2.05) is 0 Å². The Morgan fingerprint density at radius 2 is 2.11 bits per heavy atom. The summed E-state index contributed by atoms with van der Waals surface area (Å²) in [7, 11) is 0. The minimum absolute atomic E-state index is 0.0569. The van der Waals surface area contributed by atoms with Crippen molar-refractivity contribution in [3.05, 3.63) is 55.7 Å². The van der Waals surface area contributed by atoms with Crippen molar-refractivity contribution < 1.29 is 4.74 Å². The average molecular weight is 324 g/mol. The van der Waals surface area contributed by atoms with E-state index in [0.717, 1.165) is 24.1 Å². The normalized spacial score (nSPS) is 15.7. The molecule has 3 rings (SSSR count). The average Bonchev–Trinajstić information content (AvgIpc) is 2.96. The Bertz CT molecular complexity index is 567. The predicted molar refractivity (Wildman–Crippen MR) is 77.6 cm³/mol. The molecule has 2 nitrogen and oxygen atoms in total. The number of benzene rings is 1. The quantitative estimate of drug-likeness (QED) is 0.932. The van der Waals surface area contributed by atoms with Crippen molar-refractivity contribution in [2.45, 2.75) is 25.7 Å². The Kier molecular flexibility index (Phi) is 3.52. The van der Waals surface area contributed by atoms with Crippen molar-refractivity contribution in [2.24, 2.45) is 5.73 Å². The second-order valence-corrected chi connectivity index (χ2v) is 6.47. The predicted octanol–water partition coefficient (Wildman–Crippen LogP) is 3.78. The largest absolute Gasteiger partial charge is 0.372 e. The molecule has 0 bridgehead atoms. The highest BCUT2D eigenvalue weighted by Gasteiger charge is 2.14. The molecule has 0 spiro atoms. The molecule has 0 aliphatic carbocycles. The third kappa shape index (κ3) is 2.52. The second-order valence-electron chi connectivity index (χ2n) is 4.56. The van der Waals surface area contributed by atoms with Gasteiger partial charge in [0.25, 0.3) is 0 Å². The van der Waals surface area contributed by atoms with Gasteiger partial charge in [-0.25, -0.2) is 0 Å². The van der Waals surface area contributed by atoms with Crippen LogP contribution in [0.4, 0.5) is 0 Å². The van der Waals surface area contributed by atoms with Crippen molar-refractivity contribution >= 4 is 27.3 Å². The van der Waals surface area contributed by atoms with Crippen LogP contribution in [-0.2, 0) is 24.4 Å². The van der Waals surface area contributed by atoms with Crippen LogP contribution < -0.4 is 5.73 Å². The molecule has 2 aromatic rings. The Labute approximate surface area is 119 Å². The van der Waals surface area contributed by atoms with Gasteiger partial charge in [-0.1, -0.05) is 18.2 Å². The maximum Gasteiger partial charge on any atom is 0.0725 e. The molecule has 2 N–H and O–H groups in total. The van der Waals surface area contributed by atoms with E-state index in [9.17, 15) is 0 Å². The molecule has 0 amide bonds. The van der Waals surface area contributed by atoms with Crippen molar-refractivity contribution in [3.63, 3.8) is 0 Å².